The molecule has 0 spiro atoms. The SMILES string of the molecule is CCNc1cc(C(=O)N(CC)CC)cc(C(C)C)n1. The first-order valence-electron chi connectivity index (χ1n) is 7.08. The Labute approximate surface area is 116 Å². The van der Waals surface area contributed by atoms with E-state index in [2.05, 4.69) is 24.1 Å². The highest BCUT2D eigenvalue weighted by Gasteiger charge is 2.15. The van der Waals surface area contributed by atoms with Crippen LogP contribution in [0.1, 0.15) is 56.6 Å². The van der Waals surface area contributed by atoms with Crippen LogP contribution in [0.5, 0.6) is 0 Å². The topological polar surface area (TPSA) is 45.2 Å². The average molecular weight is 263 g/mol. The van der Waals surface area contributed by atoms with Gasteiger partial charge in [0.05, 0.1) is 0 Å². The summed E-state index contributed by atoms with van der Waals surface area (Å²) in [5, 5.41) is 3.19. The van der Waals surface area contributed by atoms with Crippen molar-refractivity contribution in [3.8, 4) is 0 Å². The van der Waals surface area contributed by atoms with E-state index in [1.54, 1.807) is 0 Å². The zero-order chi connectivity index (χ0) is 14.4. The molecule has 1 heterocycles. The molecule has 0 aliphatic rings. The smallest absolute Gasteiger partial charge is 0.254 e. The maximum atomic E-state index is 12.4. The molecule has 0 aliphatic heterocycles. The Bertz CT molecular complexity index is 425. The van der Waals surface area contributed by atoms with Gasteiger partial charge < -0.3 is 10.2 Å². The van der Waals surface area contributed by atoms with Gasteiger partial charge in [0, 0.05) is 30.9 Å². The molecule has 0 radical (unpaired) electrons. The average Bonchev–Trinajstić information content (AvgIpc) is 2.40. The number of aromatic nitrogens is 1. The lowest BCUT2D eigenvalue weighted by Gasteiger charge is -2.20. The first-order valence-corrected chi connectivity index (χ1v) is 7.08. The van der Waals surface area contributed by atoms with Crippen LogP contribution in [0.4, 0.5) is 5.82 Å². The number of hydrogen-bond acceptors (Lipinski definition) is 3. The molecular weight excluding hydrogens is 238 g/mol. The minimum atomic E-state index is 0.0773. The molecule has 1 rings (SSSR count). The molecule has 1 N–H and O–H groups in total. The van der Waals surface area contributed by atoms with Gasteiger partial charge in [-0.25, -0.2) is 4.98 Å². The van der Waals surface area contributed by atoms with Crippen LogP contribution in [0, 0.1) is 0 Å². The summed E-state index contributed by atoms with van der Waals surface area (Å²) < 4.78 is 0. The fraction of sp³-hybridized carbons (Fsp3) is 0.600. The Morgan fingerprint density at radius 3 is 2.37 bits per heavy atom. The van der Waals surface area contributed by atoms with Crippen molar-refractivity contribution in [3.63, 3.8) is 0 Å². The van der Waals surface area contributed by atoms with Crippen molar-refractivity contribution >= 4 is 11.7 Å². The lowest BCUT2D eigenvalue weighted by molar-refractivity contribution is 0.0773. The zero-order valence-corrected chi connectivity index (χ0v) is 12.7. The Morgan fingerprint density at radius 2 is 1.89 bits per heavy atom. The number of carbonyl (C=O) groups is 1. The molecule has 0 aromatic carbocycles. The molecule has 1 amide bonds. The second-order valence-corrected chi connectivity index (χ2v) is 4.83. The minimum Gasteiger partial charge on any atom is -0.370 e. The maximum Gasteiger partial charge on any atom is 0.254 e. The summed E-state index contributed by atoms with van der Waals surface area (Å²) in [7, 11) is 0. The number of nitrogens with one attached hydrogen (secondary N) is 1. The van der Waals surface area contributed by atoms with Crippen LogP contribution >= 0.6 is 0 Å². The van der Waals surface area contributed by atoms with E-state index in [1.165, 1.54) is 0 Å². The lowest BCUT2D eigenvalue weighted by atomic mass is 10.1. The second-order valence-electron chi connectivity index (χ2n) is 4.83. The number of nitrogens with zero attached hydrogens (tertiary/aromatic N) is 2. The predicted octanol–water partition coefficient (Wildman–Crippen LogP) is 3.12. The number of amides is 1. The van der Waals surface area contributed by atoms with Crippen LogP contribution in [0.3, 0.4) is 0 Å². The second kappa shape index (κ2) is 7.12. The van der Waals surface area contributed by atoms with Crippen LogP contribution in [0.25, 0.3) is 0 Å². The highest BCUT2D eigenvalue weighted by Crippen LogP contribution is 2.18. The fourth-order valence-electron chi connectivity index (χ4n) is 1.94. The van der Waals surface area contributed by atoms with Gasteiger partial charge in [-0.15, -0.1) is 0 Å². The fourth-order valence-corrected chi connectivity index (χ4v) is 1.94. The molecule has 4 heteroatoms. The summed E-state index contributed by atoms with van der Waals surface area (Å²) >= 11 is 0. The molecule has 106 valence electrons. The van der Waals surface area contributed by atoms with Gasteiger partial charge in [-0.1, -0.05) is 13.8 Å². The highest BCUT2D eigenvalue weighted by molar-refractivity contribution is 5.95. The molecule has 0 aliphatic carbocycles. The molecule has 1 aromatic heterocycles. The summed E-state index contributed by atoms with van der Waals surface area (Å²) in [5.41, 5.74) is 1.67. The molecule has 1 aromatic rings. The molecule has 0 saturated carbocycles. The number of rotatable bonds is 6. The Kier molecular flexibility index (Phi) is 5.80. The summed E-state index contributed by atoms with van der Waals surface area (Å²) in [5.74, 6) is 1.17. The quantitative estimate of drug-likeness (QED) is 0.857. The van der Waals surface area contributed by atoms with E-state index in [0.29, 0.717) is 5.92 Å². The summed E-state index contributed by atoms with van der Waals surface area (Å²) in [4.78, 5) is 18.8. The van der Waals surface area contributed by atoms with Crippen molar-refractivity contribution in [1.29, 1.82) is 0 Å². The van der Waals surface area contributed by atoms with Crippen LogP contribution in [0.15, 0.2) is 12.1 Å². The third-order valence-electron chi connectivity index (χ3n) is 3.09. The lowest BCUT2D eigenvalue weighted by Crippen LogP contribution is -2.30. The molecule has 0 atom stereocenters. The largest absolute Gasteiger partial charge is 0.370 e. The van der Waals surface area contributed by atoms with Crippen molar-refractivity contribution in [2.24, 2.45) is 0 Å². The molecule has 4 nitrogen and oxygen atoms in total. The van der Waals surface area contributed by atoms with Gasteiger partial charge in [-0.3, -0.25) is 4.79 Å². The van der Waals surface area contributed by atoms with E-state index in [1.807, 2.05) is 37.8 Å². The monoisotopic (exact) mass is 263 g/mol. The van der Waals surface area contributed by atoms with Gasteiger partial charge in [0.2, 0.25) is 0 Å². The van der Waals surface area contributed by atoms with Crippen molar-refractivity contribution in [2.75, 3.05) is 25.0 Å². The van der Waals surface area contributed by atoms with Crippen molar-refractivity contribution in [1.82, 2.24) is 9.88 Å². The number of pyridine rings is 1. The Hall–Kier alpha value is -1.58. The van der Waals surface area contributed by atoms with Crippen molar-refractivity contribution in [2.45, 2.75) is 40.5 Å². The molecular formula is C15H25N3O. The minimum absolute atomic E-state index is 0.0773. The molecule has 19 heavy (non-hydrogen) atoms. The van der Waals surface area contributed by atoms with Crippen LogP contribution < -0.4 is 5.32 Å². The third-order valence-corrected chi connectivity index (χ3v) is 3.09. The van der Waals surface area contributed by atoms with Gasteiger partial charge in [-0.2, -0.15) is 0 Å². The van der Waals surface area contributed by atoms with Crippen molar-refractivity contribution < 1.29 is 4.79 Å². The van der Waals surface area contributed by atoms with E-state index in [-0.39, 0.29) is 5.91 Å². The number of anilines is 1. The first kappa shape index (κ1) is 15.5. The van der Waals surface area contributed by atoms with Gasteiger partial charge >= 0.3 is 0 Å². The standard InChI is InChI=1S/C15H25N3O/c1-6-16-14-10-12(9-13(17-14)11(4)5)15(19)18(7-2)8-3/h9-11H,6-8H2,1-5H3,(H,16,17). The first-order chi connectivity index (χ1) is 9.03. The summed E-state index contributed by atoms with van der Waals surface area (Å²) in [6.45, 7) is 12.4. The van der Waals surface area contributed by atoms with Crippen LogP contribution in [-0.4, -0.2) is 35.4 Å². The van der Waals surface area contributed by atoms with E-state index >= 15 is 0 Å². The van der Waals surface area contributed by atoms with E-state index in [9.17, 15) is 4.79 Å². The van der Waals surface area contributed by atoms with E-state index in [4.69, 9.17) is 0 Å². The third kappa shape index (κ3) is 3.94. The van der Waals surface area contributed by atoms with Crippen LogP contribution in [-0.2, 0) is 0 Å². The number of hydrogen-bond donors (Lipinski definition) is 1. The van der Waals surface area contributed by atoms with E-state index < -0.39 is 0 Å². The predicted molar refractivity (Wildman–Crippen MR) is 79.7 cm³/mol. The zero-order valence-electron chi connectivity index (χ0n) is 12.7. The summed E-state index contributed by atoms with van der Waals surface area (Å²) in [6, 6.07) is 3.75. The van der Waals surface area contributed by atoms with Gasteiger partial charge in [0.25, 0.3) is 5.91 Å². The van der Waals surface area contributed by atoms with Crippen LogP contribution in [0.2, 0.25) is 0 Å². The molecule has 0 saturated heterocycles. The van der Waals surface area contributed by atoms with Crippen molar-refractivity contribution in [3.05, 3.63) is 23.4 Å². The highest BCUT2D eigenvalue weighted by atomic mass is 16.2. The molecule has 0 bridgehead atoms. The molecule has 0 unspecified atom stereocenters. The van der Waals surface area contributed by atoms with E-state index in [0.717, 1.165) is 36.7 Å². The Balaban J connectivity index is 3.14. The van der Waals surface area contributed by atoms with Gasteiger partial charge in [0.15, 0.2) is 0 Å². The molecule has 0 fully saturated rings. The Morgan fingerprint density at radius 1 is 1.26 bits per heavy atom. The summed E-state index contributed by atoms with van der Waals surface area (Å²) in [6.07, 6.45) is 0. The normalized spacial score (nSPS) is 10.6. The van der Waals surface area contributed by atoms with Gasteiger partial charge in [-0.05, 0) is 38.8 Å². The maximum absolute atomic E-state index is 12.4. The van der Waals surface area contributed by atoms with Gasteiger partial charge in [0.1, 0.15) is 5.82 Å². The number of carbonyl (C=O) groups excluding carboxylic acids is 1.